The van der Waals surface area contributed by atoms with E-state index in [0.29, 0.717) is 0 Å². The molecule has 0 saturated carbocycles. The van der Waals surface area contributed by atoms with Crippen molar-refractivity contribution in [2.75, 3.05) is 45.9 Å². The minimum Gasteiger partial charge on any atom is -0.314 e. The van der Waals surface area contributed by atoms with Crippen LogP contribution < -0.4 is 5.32 Å². The molecule has 3 heteroatoms. The molecule has 2 heterocycles. The van der Waals surface area contributed by atoms with E-state index < -0.39 is 0 Å². The molecule has 2 aliphatic heterocycles. The van der Waals surface area contributed by atoms with Crippen molar-refractivity contribution in [1.29, 1.82) is 0 Å². The van der Waals surface area contributed by atoms with E-state index in [1.807, 2.05) is 0 Å². The van der Waals surface area contributed by atoms with Crippen LogP contribution in [0, 0.1) is 5.92 Å². The zero-order valence-electron chi connectivity index (χ0n) is 9.34. The predicted molar refractivity (Wildman–Crippen MR) is 59.3 cm³/mol. The summed E-state index contributed by atoms with van der Waals surface area (Å²) in [6, 6.07) is 0. The highest BCUT2D eigenvalue weighted by molar-refractivity contribution is 4.72. The van der Waals surface area contributed by atoms with Crippen molar-refractivity contribution < 1.29 is 0 Å². The zero-order valence-corrected chi connectivity index (χ0v) is 9.34. The molecule has 3 nitrogen and oxygen atoms in total. The van der Waals surface area contributed by atoms with Crippen LogP contribution in [0.15, 0.2) is 0 Å². The Morgan fingerprint density at radius 3 is 2.21 bits per heavy atom. The minimum atomic E-state index is 0.953. The second-order valence-electron chi connectivity index (χ2n) is 4.81. The first-order valence-electron chi connectivity index (χ1n) is 6.00. The summed E-state index contributed by atoms with van der Waals surface area (Å²) < 4.78 is 0. The van der Waals surface area contributed by atoms with E-state index in [4.69, 9.17) is 0 Å². The third-order valence-electron chi connectivity index (χ3n) is 3.49. The molecule has 0 aliphatic carbocycles. The van der Waals surface area contributed by atoms with Gasteiger partial charge in [-0.25, -0.2) is 0 Å². The smallest absolute Gasteiger partial charge is 0.0507 e. The van der Waals surface area contributed by atoms with Gasteiger partial charge in [0.15, 0.2) is 0 Å². The molecule has 2 fully saturated rings. The lowest BCUT2D eigenvalue weighted by atomic mass is 10.00. The molecule has 0 atom stereocenters. The third-order valence-corrected chi connectivity index (χ3v) is 3.49. The molecule has 0 aromatic rings. The van der Waals surface area contributed by atoms with Gasteiger partial charge >= 0.3 is 0 Å². The fraction of sp³-hybridized carbons (Fsp3) is 1.00. The van der Waals surface area contributed by atoms with Crippen LogP contribution >= 0.6 is 0 Å². The Morgan fingerprint density at radius 1 is 1.00 bits per heavy atom. The first-order chi connectivity index (χ1) is 6.84. The SMILES string of the molecule is CC1CCN(CN2CCNCC2)CC1. The van der Waals surface area contributed by atoms with E-state index in [9.17, 15) is 0 Å². The minimum absolute atomic E-state index is 0.953. The fourth-order valence-corrected chi connectivity index (χ4v) is 2.34. The maximum atomic E-state index is 3.40. The fourth-order valence-electron chi connectivity index (χ4n) is 2.34. The average molecular weight is 197 g/mol. The number of hydrogen-bond donors (Lipinski definition) is 1. The van der Waals surface area contributed by atoms with Crippen molar-refractivity contribution in [3.05, 3.63) is 0 Å². The van der Waals surface area contributed by atoms with Crippen LogP contribution in [0.3, 0.4) is 0 Å². The lowest BCUT2D eigenvalue weighted by Gasteiger charge is -2.36. The number of piperazine rings is 1. The topological polar surface area (TPSA) is 18.5 Å². The number of nitrogens with one attached hydrogen (secondary N) is 1. The number of piperidine rings is 1. The molecule has 0 aromatic heterocycles. The summed E-state index contributed by atoms with van der Waals surface area (Å²) in [5.74, 6) is 0.953. The molecule has 2 saturated heterocycles. The molecule has 0 bridgehead atoms. The largest absolute Gasteiger partial charge is 0.314 e. The lowest BCUT2D eigenvalue weighted by Crippen LogP contribution is -2.49. The van der Waals surface area contributed by atoms with E-state index in [2.05, 4.69) is 22.0 Å². The van der Waals surface area contributed by atoms with Gasteiger partial charge in [0, 0.05) is 26.2 Å². The van der Waals surface area contributed by atoms with Gasteiger partial charge in [-0.2, -0.15) is 0 Å². The summed E-state index contributed by atoms with van der Waals surface area (Å²) in [6.45, 7) is 11.0. The van der Waals surface area contributed by atoms with Crippen molar-refractivity contribution in [2.45, 2.75) is 19.8 Å². The molecule has 82 valence electrons. The highest BCUT2D eigenvalue weighted by Crippen LogP contribution is 2.15. The maximum Gasteiger partial charge on any atom is 0.0507 e. The first kappa shape index (κ1) is 10.4. The molecular weight excluding hydrogens is 174 g/mol. The molecule has 14 heavy (non-hydrogen) atoms. The van der Waals surface area contributed by atoms with Crippen LogP contribution in [-0.2, 0) is 0 Å². The number of rotatable bonds is 2. The van der Waals surface area contributed by atoms with E-state index in [0.717, 1.165) is 5.92 Å². The van der Waals surface area contributed by atoms with Gasteiger partial charge in [0.25, 0.3) is 0 Å². The standard InChI is InChI=1S/C11H23N3/c1-11-2-6-13(7-3-11)10-14-8-4-12-5-9-14/h11-12H,2-10H2,1H3. The number of nitrogens with zero attached hydrogens (tertiary/aromatic N) is 2. The van der Waals surface area contributed by atoms with Crippen molar-refractivity contribution >= 4 is 0 Å². The number of hydrogen-bond acceptors (Lipinski definition) is 3. The van der Waals surface area contributed by atoms with Crippen LogP contribution in [0.1, 0.15) is 19.8 Å². The summed E-state index contributed by atoms with van der Waals surface area (Å²) in [5, 5.41) is 3.40. The molecule has 0 unspecified atom stereocenters. The van der Waals surface area contributed by atoms with Crippen molar-refractivity contribution in [3.8, 4) is 0 Å². The summed E-state index contributed by atoms with van der Waals surface area (Å²) in [4.78, 5) is 5.19. The molecule has 2 aliphatic rings. The highest BCUT2D eigenvalue weighted by atomic mass is 15.3. The monoisotopic (exact) mass is 197 g/mol. The molecule has 0 amide bonds. The first-order valence-corrected chi connectivity index (χ1v) is 6.00. The maximum absolute atomic E-state index is 3.40. The van der Waals surface area contributed by atoms with Crippen LogP contribution in [0.2, 0.25) is 0 Å². The van der Waals surface area contributed by atoms with Gasteiger partial charge in [0.05, 0.1) is 6.67 Å². The Bertz CT molecular complexity index is 158. The quantitative estimate of drug-likeness (QED) is 0.698. The second kappa shape index (κ2) is 5.10. The van der Waals surface area contributed by atoms with Gasteiger partial charge in [0.1, 0.15) is 0 Å². The van der Waals surface area contributed by atoms with Crippen LogP contribution in [0.4, 0.5) is 0 Å². The van der Waals surface area contributed by atoms with Gasteiger partial charge in [-0.1, -0.05) is 6.92 Å². The van der Waals surface area contributed by atoms with Gasteiger partial charge in [-0.05, 0) is 31.8 Å². The molecule has 0 spiro atoms. The Labute approximate surface area is 87.4 Å². The molecule has 1 N–H and O–H groups in total. The predicted octanol–water partition coefficient (Wildman–Crippen LogP) is 0.581. The van der Waals surface area contributed by atoms with Gasteiger partial charge in [-0.3, -0.25) is 9.80 Å². The van der Waals surface area contributed by atoms with Crippen LogP contribution in [0.5, 0.6) is 0 Å². The van der Waals surface area contributed by atoms with Crippen LogP contribution in [0.25, 0.3) is 0 Å². The Balaban J connectivity index is 1.68. The summed E-state index contributed by atoms with van der Waals surface area (Å²) >= 11 is 0. The second-order valence-corrected chi connectivity index (χ2v) is 4.81. The molecule has 2 rings (SSSR count). The summed E-state index contributed by atoms with van der Waals surface area (Å²) in [5.41, 5.74) is 0. The van der Waals surface area contributed by atoms with Crippen molar-refractivity contribution in [3.63, 3.8) is 0 Å². The van der Waals surface area contributed by atoms with Crippen molar-refractivity contribution in [2.24, 2.45) is 5.92 Å². The Morgan fingerprint density at radius 2 is 1.57 bits per heavy atom. The van der Waals surface area contributed by atoms with Crippen molar-refractivity contribution in [1.82, 2.24) is 15.1 Å². The lowest BCUT2D eigenvalue weighted by molar-refractivity contribution is 0.0903. The van der Waals surface area contributed by atoms with Gasteiger partial charge in [-0.15, -0.1) is 0 Å². The molecular formula is C11H23N3. The van der Waals surface area contributed by atoms with E-state index >= 15 is 0 Å². The summed E-state index contributed by atoms with van der Waals surface area (Å²) in [6.07, 6.45) is 2.79. The molecule has 0 aromatic carbocycles. The average Bonchev–Trinajstić information content (AvgIpc) is 2.23. The van der Waals surface area contributed by atoms with Crippen LogP contribution in [-0.4, -0.2) is 55.7 Å². The zero-order chi connectivity index (χ0) is 9.80. The van der Waals surface area contributed by atoms with E-state index in [1.54, 1.807) is 0 Å². The number of likely N-dealkylation sites (tertiary alicyclic amines) is 1. The Kier molecular flexibility index (Phi) is 3.79. The van der Waals surface area contributed by atoms with E-state index in [1.165, 1.54) is 58.8 Å². The van der Waals surface area contributed by atoms with E-state index in [-0.39, 0.29) is 0 Å². The normalized spacial score (nSPS) is 28.1. The highest BCUT2D eigenvalue weighted by Gasteiger charge is 2.18. The van der Waals surface area contributed by atoms with Gasteiger partial charge in [0.2, 0.25) is 0 Å². The van der Waals surface area contributed by atoms with Gasteiger partial charge < -0.3 is 5.32 Å². The molecule has 0 radical (unpaired) electrons. The Hall–Kier alpha value is -0.120. The summed E-state index contributed by atoms with van der Waals surface area (Å²) in [7, 11) is 0. The third kappa shape index (κ3) is 2.94.